The van der Waals surface area contributed by atoms with E-state index >= 15 is 0 Å². The zero-order chi connectivity index (χ0) is 13.9. The Hall–Kier alpha value is -0.420. The van der Waals surface area contributed by atoms with Gasteiger partial charge in [-0.05, 0) is 51.1 Å². The van der Waals surface area contributed by atoms with Crippen molar-refractivity contribution in [1.82, 2.24) is 4.90 Å². The van der Waals surface area contributed by atoms with Crippen LogP contribution >= 0.6 is 11.3 Å². The molecule has 1 fully saturated rings. The molecule has 108 valence electrons. The smallest absolute Gasteiger partial charge is 0.0589 e. The van der Waals surface area contributed by atoms with E-state index in [9.17, 15) is 0 Å². The van der Waals surface area contributed by atoms with Crippen molar-refractivity contribution in [1.29, 1.82) is 0 Å². The van der Waals surface area contributed by atoms with E-state index in [0.29, 0.717) is 18.7 Å². The molecule has 0 radical (unpaired) electrons. The van der Waals surface area contributed by atoms with Crippen LogP contribution in [0.2, 0.25) is 0 Å². The highest BCUT2D eigenvalue weighted by Gasteiger charge is 2.40. The summed E-state index contributed by atoms with van der Waals surface area (Å²) in [6.45, 7) is 2.98. The molecule has 1 aliphatic carbocycles. The Balaban J connectivity index is 2.15. The molecule has 1 aromatic rings. The number of nitrogens with two attached hydrogens (primary N) is 1. The lowest BCUT2D eigenvalue weighted by molar-refractivity contribution is -0.0253. The van der Waals surface area contributed by atoms with Crippen molar-refractivity contribution in [2.75, 3.05) is 20.7 Å². The molecule has 3 unspecified atom stereocenters. The molecule has 3 atom stereocenters. The fourth-order valence-corrected chi connectivity index (χ4v) is 4.09. The molecular weight excluding hydrogens is 256 g/mol. The summed E-state index contributed by atoms with van der Waals surface area (Å²) in [5, 5.41) is 2.15. The Morgan fingerprint density at radius 2 is 2.42 bits per heavy atom. The minimum Gasteiger partial charge on any atom is -0.381 e. The maximum Gasteiger partial charge on any atom is 0.0589 e. The highest BCUT2D eigenvalue weighted by molar-refractivity contribution is 7.10. The van der Waals surface area contributed by atoms with Crippen molar-refractivity contribution in [2.45, 2.75) is 50.3 Å². The van der Waals surface area contributed by atoms with Crippen LogP contribution in [0.5, 0.6) is 0 Å². The van der Waals surface area contributed by atoms with E-state index in [4.69, 9.17) is 10.5 Å². The summed E-state index contributed by atoms with van der Waals surface area (Å²) in [7, 11) is 4.04. The maximum absolute atomic E-state index is 6.15. The Bertz CT molecular complexity index is 382. The lowest BCUT2D eigenvalue weighted by Gasteiger charge is -2.48. The first-order valence-corrected chi connectivity index (χ1v) is 8.00. The van der Waals surface area contributed by atoms with Gasteiger partial charge in [0.15, 0.2) is 0 Å². The van der Waals surface area contributed by atoms with Gasteiger partial charge < -0.3 is 10.5 Å². The summed E-state index contributed by atoms with van der Waals surface area (Å²) < 4.78 is 5.59. The second kappa shape index (κ2) is 6.35. The molecule has 0 aliphatic heterocycles. The molecule has 0 amide bonds. The molecule has 1 aromatic heterocycles. The van der Waals surface area contributed by atoms with Crippen LogP contribution in [-0.4, -0.2) is 37.2 Å². The lowest BCUT2D eigenvalue weighted by Crippen LogP contribution is -2.56. The fraction of sp³-hybridized carbons (Fsp3) is 0.733. The van der Waals surface area contributed by atoms with Gasteiger partial charge in [0.25, 0.3) is 0 Å². The maximum atomic E-state index is 6.15. The third-order valence-corrected chi connectivity index (χ3v) is 5.82. The summed E-state index contributed by atoms with van der Waals surface area (Å²) in [6.07, 6.45) is 4.95. The topological polar surface area (TPSA) is 38.5 Å². The van der Waals surface area contributed by atoms with E-state index in [0.717, 1.165) is 6.42 Å². The summed E-state index contributed by atoms with van der Waals surface area (Å²) in [5.41, 5.74) is 6.24. The van der Waals surface area contributed by atoms with Crippen molar-refractivity contribution >= 4 is 11.3 Å². The molecule has 1 heterocycles. The monoisotopic (exact) mass is 282 g/mol. The number of hydrogen-bond acceptors (Lipinski definition) is 4. The summed E-state index contributed by atoms with van der Waals surface area (Å²) in [4.78, 5) is 3.89. The number of ether oxygens (including phenoxy) is 1. The number of nitrogens with zero attached hydrogens (tertiary/aromatic N) is 1. The van der Waals surface area contributed by atoms with Crippen LogP contribution < -0.4 is 5.73 Å². The van der Waals surface area contributed by atoms with Gasteiger partial charge in [-0.2, -0.15) is 0 Å². The van der Waals surface area contributed by atoms with E-state index in [-0.39, 0.29) is 5.54 Å². The van der Waals surface area contributed by atoms with Gasteiger partial charge in [0, 0.05) is 30.1 Å². The van der Waals surface area contributed by atoms with Crippen molar-refractivity contribution in [3.8, 4) is 0 Å². The molecule has 3 nitrogen and oxygen atoms in total. The molecule has 4 heteroatoms. The van der Waals surface area contributed by atoms with Crippen LogP contribution in [0.3, 0.4) is 0 Å². The van der Waals surface area contributed by atoms with E-state index < -0.39 is 0 Å². The molecule has 0 saturated heterocycles. The number of likely N-dealkylation sites (N-methyl/N-ethyl adjacent to an activating group) is 1. The van der Waals surface area contributed by atoms with Crippen LogP contribution in [-0.2, 0) is 4.74 Å². The van der Waals surface area contributed by atoms with E-state index in [1.165, 1.54) is 24.1 Å². The quantitative estimate of drug-likeness (QED) is 0.902. The first-order valence-electron chi connectivity index (χ1n) is 7.12. The Morgan fingerprint density at radius 1 is 1.63 bits per heavy atom. The molecule has 1 aliphatic rings. The third kappa shape index (κ3) is 3.02. The molecule has 0 bridgehead atoms. The standard InChI is InChI=1S/C15H26N2OS/c1-12(14-7-5-9-19-14)17(2)15(11-16)8-4-6-13(10-15)18-3/h5,7,9,12-13H,4,6,8,10-11,16H2,1-3H3. The minimum atomic E-state index is 0.0856. The molecule has 2 N–H and O–H groups in total. The zero-order valence-corrected chi connectivity index (χ0v) is 13.1. The predicted octanol–water partition coefficient (Wildman–Crippen LogP) is 3.03. The van der Waals surface area contributed by atoms with E-state index in [1.807, 2.05) is 18.4 Å². The average molecular weight is 282 g/mol. The van der Waals surface area contributed by atoms with Crippen molar-refractivity contribution in [3.63, 3.8) is 0 Å². The number of methoxy groups -OCH3 is 1. The third-order valence-electron chi connectivity index (χ3n) is 4.77. The lowest BCUT2D eigenvalue weighted by atomic mass is 9.78. The highest BCUT2D eigenvalue weighted by Crippen LogP contribution is 2.38. The SMILES string of the molecule is COC1CCCC(CN)(N(C)C(C)c2cccs2)C1. The first-order chi connectivity index (χ1) is 9.13. The van der Waals surface area contributed by atoms with Gasteiger partial charge in [-0.3, -0.25) is 4.90 Å². The van der Waals surface area contributed by atoms with Crippen LogP contribution in [0.4, 0.5) is 0 Å². The van der Waals surface area contributed by atoms with Crippen LogP contribution in [0.15, 0.2) is 17.5 Å². The van der Waals surface area contributed by atoms with E-state index in [1.54, 1.807) is 0 Å². The van der Waals surface area contributed by atoms with Crippen molar-refractivity contribution in [2.24, 2.45) is 5.73 Å². The largest absolute Gasteiger partial charge is 0.381 e. The average Bonchev–Trinajstić information content (AvgIpc) is 2.99. The second-order valence-corrected chi connectivity index (χ2v) is 6.66. The van der Waals surface area contributed by atoms with Gasteiger partial charge in [0.2, 0.25) is 0 Å². The Kier molecular flexibility index (Phi) is 5.01. The summed E-state index contributed by atoms with van der Waals surface area (Å²) in [6, 6.07) is 4.75. The molecule has 1 saturated carbocycles. The van der Waals surface area contributed by atoms with Crippen LogP contribution in [0, 0.1) is 0 Å². The number of hydrogen-bond donors (Lipinski definition) is 1. The van der Waals surface area contributed by atoms with Gasteiger partial charge in [0.05, 0.1) is 6.10 Å². The summed E-state index contributed by atoms with van der Waals surface area (Å²) in [5.74, 6) is 0. The number of rotatable bonds is 5. The molecule has 0 spiro atoms. The Morgan fingerprint density at radius 3 is 3.00 bits per heavy atom. The normalized spacial score (nSPS) is 29.6. The van der Waals surface area contributed by atoms with Crippen molar-refractivity contribution < 1.29 is 4.74 Å². The Labute approximate surface area is 120 Å². The van der Waals surface area contributed by atoms with Crippen LogP contribution in [0.1, 0.15) is 43.5 Å². The molecule has 2 rings (SSSR count). The first kappa shape index (κ1) is 15.0. The fourth-order valence-electron chi connectivity index (χ4n) is 3.27. The highest BCUT2D eigenvalue weighted by atomic mass is 32.1. The van der Waals surface area contributed by atoms with Gasteiger partial charge >= 0.3 is 0 Å². The van der Waals surface area contributed by atoms with Gasteiger partial charge in [-0.15, -0.1) is 11.3 Å². The predicted molar refractivity (Wildman–Crippen MR) is 81.5 cm³/mol. The summed E-state index contributed by atoms with van der Waals surface area (Å²) >= 11 is 1.83. The van der Waals surface area contributed by atoms with Crippen molar-refractivity contribution in [3.05, 3.63) is 22.4 Å². The van der Waals surface area contributed by atoms with Gasteiger partial charge in [0.1, 0.15) is 0 Å². The van der Waals surface area contributed by atoms with Gasteiger partial charge in [-0.1, -0.05) is 6.07 Å². The van der Waals surface area contributed by atoms with Crippen LogP contribution in [0.25, 0.3) is 0 Å². The minimum absolute atomic E-state index is 0.0856. The second-order valence-electron chi connectivity index (χ2n) is 5.68. The molecular formula is C15H26N2OS. The number of thiophene rings is 1. The van der Waals surface area contributed by atoms with Gasteiger partial charge in [-0.25, -0.2) is 0 Å². The zero-order valence-electron chi connectivity index (χ0n) is 12.3. The van der Waals surface area contributed by atoms with E-state index in [2.05, 4.69) is 36.4 Å². The molecule has 0 aromatic carbocycles. The molecule has 19 heavy (non-hydrogen) atoms.